The van der Waals surface area contributed by atoms with Crippen molar-refractivity contribution in [1.82, 2.24) is 9.29 Å². The molecule has 4 aromatic rings. The van der Waals surface area contributed by atoms with Crippen LogP contribution in [0.3, 0.4) is 0 Å². The van der Waals surface area contributed by atoms with Crippen molar-refractivity contribution in [3.8, 4) is 17.2 Å². The van der Waals surface area contributed by atoms with Gasteiger partial charge in [0.15, 0.2) is 11.5 Å². The zero-order valence-electron chi connectivity index (χ0n) is 22.5. The van der Waals surface area contributed by atoms with E-state index in [1.807, 2.05) is 18.2 Å². The number of carbonyl (C=O) groups excluding carboxylic acids is 1. The third kappa shape index (κ3) is 5.94. The Hall–Kier alpha value is -3.52. The van der Waals surface area contributed by atoms with Gasteiger partial charge in [0, 0.05) is 28.7 Å². The number of amides is 1. The summed E-state index contributed by atoms with van der Waals surface area (Å²) in [4.78, 5) is 18.6. The number of thiazole rings is 1. The highest BCUT2D eigenvalue weighted by atomic mass is 79.9. The van der Waals surface area contributed by atoms with Crippen LogP contribution in [0.2, 0.25) is 0 Å². The van der Waals surface area contributed by atoms with Crippen molar-refractivity contribution in [2.75, 3.05) is 39.4 Å². The van der Waals surface area contributed by atoms with E-state index < -0.39 is 15.9 Å². The van der Waals surface area contributed by atoms with E-state index in [1.165, 1.54) is 72.5 Å². The van der Waals surface area contributed by atoms with Gasteiger partial charge in [-0.25, -0.2) is 13.4 Å². The van der Waals surface area contributed by atoms with Crippen LogP contribution in [0.5, 0.6) is 17.2 Å². The predicted octanol–water partition coefficient (Wildman–Crippen LogP) is 5.55. The van der Waals surface area contributed by atoms with Crippen molar-refractivity contribution in [3.63, 3.8) is 0 Å². The van der Waals surface area contributed by atoms with Crippen molar-refractivity contribution in [2.24, 2.45) is 5.10 Å². The van der Waals surface area contributed by atoms with Crippen LogP contribution in [0.25, 0.3) is 10.2 Å². The van der Waals surface area contributed by atoms with E-state index in [-0.39, 0.29) is 10.5 Å². The summed E-state index contributed by atoms with van der Waals surface area (Å²) in [6.07, 6.45) is 3.18. The molecule has 13 heteroatoms. The first-order valence-corrected chi connectivity index (χ1v) is 15.6. The topological polar surface area (TPSA) is 111 Å². The second kappa shape index (κ2) is 12.1. The smallest absolute Gasteiger partial charge is 0.280 e. The SMILES string of the molecule is COc1cc(/C=N/N(C(=O)c2ccc(S(=O)(=O)N3CCCC3)cc2)c2nc3ccc(Br)cc3s2)cc(OC)c1OC. The van der Waals surface area contributed by atoms with Gasteiger partial charge >= 0.3 is 0 Å². The maximum absolute atomic E-state index is 13.8. The molecule has 10 nitrogen and oxygen atoms in total. The molecule has 0 bridgehead atoms. The number of methoxy groups -OCH3 is 3. The third-order valence-electron chi connectivity index (χ3n) is 6.53. The fourth-order valence-corrected chi connectivity index (χ4v) is 7.43. The maximum atomic E-state index is 13.8. The summed E-state index contributed by atoms with van der Waals surface area (Å²) in [5.41, 5.74) is 1.56. The van der Waals surface area contributed by atoms with Crippen LogP contribution in [0.15, 0.2) is 69.1 Å². The Morgan fingerprint density at radius 1 is 1.00 bits per heavy atom. The van der Waals surface area contributed by atoms with Crippen LogP contribution >= 0.6 is 27.3 Å². The van der Waals surface area contributed by atoms with Crippen molar-refractivity contribution >= 4 is 64.8 Å². The fourth-order valence-electron chi connectivity index (χ4n) is 4.44. The molecule has 2 heterocycles. The predicted molar refractivity (Wildman–Crippen MR) is 162 cm³/mol. The van der Waals surface area contributed by atoms with Crippen molar-refractivity contribution in [2.45, 2.75) is 17.7 Å². The lowest BCUT2D eigenvalue weighted by atomic mass is 10.2. The van der Waals surface area contributed by atoms with Gasteiger partial charge in [0.2, 0.25) is 20.9 Å². The minimum absolute atomic E-state index is 0.147. The number of nitrogens with zero attached hydrogens (tertiary/aromatic N) is 4. The molecule has 1 aromatic heterocycles. The van der Waals surface area contributed by atoms with Crippen LogP contribution in [0, 0.1) is 0 Å². The molecule has 0 saturated carbocycles. The number of ether oxygens (including phenoxy) is 3. The van der Waals surface area contributed by atoms with E-state index in [1.54, 1.807) is 12.1 Å². The summed E-state index contributed by atoms with van der Waals surface area (Å²) >= 11 is 4.78. The second-order valence-corrected chi connectivity index (χ2v) is 12.9. The number of aromatic nitrogens is 1. The summed E-state index contributed by atoms with van der Waals surface area (Å²) in [5.74, 6) is 0.828. The van der Waals surface area contributed by atoms with Crippen molar-refractivity contribution < 1.29 is 27.4 Å². The van der Waals surface area contributed by atoms with Gasteiger partial charge in [-0.2, -0.15) is 14.4 Å². The Bertz CT molecular complexity index is 1690. The maximum Gasteiger partial charge on any atom is 0.280 e. The number of hydrogen-bond donors (Lipinski definition) is 0. The number of carbonyl (C=O) groups is 1. The summed E-state index contributed by atoms with van der Waals surface area (Å²) in [6.45, 7) is 1.00. The first kappa shape index (κ1) is 29.0. The molecule has 1 fully saturated rings. The largest absolute Gasteiger partial charge is 0.493 e. The van der Waals surface area contributed by atoms with E-state index in [4.69, 9.17) is 14.2 Å². The minimum Gasteiger partial charge on any atom is -0.493 e. The molecule has 1 amide bonds. The number of anilines is 1. The van der Waals surface area contributed by atoms with Crippen LogP contribution in [-0.4, -0.2) is 64.2 Å². The van der Waals surface area contributed by atoms with E-state index >= 15 is 0 Å². The van der Waals surface area contributed by atoms with Gasteiger partial charge < -0.3 is 14.2 Å². The van der Waals surface area contributed by atoms with Gasteiger partial charge in [-0.3, -0.25) is 4.79 Å². The van der Waals surface area contributed by atoms with Gasteiger partial charge in [-0.05, 0) is 67.4 Å². The normalized spacial score (nSPS) is 14.0. The highest BCUT2D eigenvalue weighted by Crippen LogP contribution is 2.38. The Morgan fingerprint density at radius 2 is 1.66 bits per heavy atom. The summed E-state index contributed by atoms with van der Waals surface area (Å²) in [7, 11) is 0.935. The summed E-state index contributed by atoms with van der Waals surface area (Å²) in [6, 6.07) is 15.0. The van der Waals surface area contributed by atoms with Gasteiger partial charge in [0.05, 0.1) is 42.7 Å². The second-order valence-electron chi connectivity index (χ2n) is 9.06. The van der Waals surface area contributed by atoms with Crippen molar-refractivity contribution in [3.05, 3.63) is 70.2 Å². The molecular formula is C28H27BrN4O6S2. The summed E-state index contributed by atoms with van der Waals surface area (Å²) < 4.78 is 45.4. The standard InChI is InChI=1S/C28H27BrN4O6S2/c1-37-23-14-18(15-24(38-2)26(23)39-3)17-30-33(28-31-22-11-8-20(29)16-25(22)40-28)27(34)19-6-9-21(10-7-19)41(35,36)32-12-4-5-13-32/h6-11,14-17H,4-5,12-13H2,1-3H3/b30-17+. The van der Waals surface area contributed by atoms with Crippen LogP contribution in [0.1, 0.15) is 28.8 Å². The van der Waals surface area contributed by atoms with Crippen LogP contribution in [0.4, 0.5) is 5.13 Å². The van der Waals surface area contributed by atoms with E-state index in [0.29, 0.717) is 46.5 Å². The number of benzene rings is 3. The minimum atomic E-state index is -3.61. The molecule has 0 aliphatic carbocycles. The number of sulfonamides is 1. The Balaban J connectivity index is 1.52. The van der Waals surface area contributed by atoms with E-state index in [9.17, 15) is 13.2 Å². The molecule has 0 spiro atoms. The molecule has 0 N–H and O–H groups in total. The molecule has 5 rings (SSSR count). The molecule has 1 saturated heterocycles. The van der Waals surface area contributed by atoms with Gasteiger partial charge in [0.1, 0.15) is 0 Å². The number of rotatable bonds is 9. The Kier molecular flexibility index (Phi) is 8.59. The van der Waals surface area contributed by atoms with Gasteiger partial charge in [-0.1, -0.05) is 27.3 Å². The average molecular weight is 660 g/mol. The number of hydrazone groups is 1. The molecule has 214 valence electrons. The lowest BCUT2D eigenvalue weighted by Crippen LogP contribution is -2.28. The molecule has 1 aliphatic heterocycles. The molecule has 0 radical (unpaired) electrons. The van der Waals surface area contributed by atoms with E-state index in [2.05, 4.69) is 26.0 Å². The molecule has 3 aromatic carbocycles. The average Bonchev–Trinajstić information content (AvgIpc) is 3.67. The Morgan fingerprint density at radius 3 is 2.27 bits per heavy atom. The van der Waals surface area contributed by atoms with Crippen LogP contribution < -0.4 is 19.2 Å². The third-order valence-corrected chi connectivity index (χ3v) is 9.93. The molecule has 1 aliphatic rings. The van der Waals surface area contributed by atoms with Crippen LogP contribution in [-0.2, 0) is 10.0 Å². The zero-order valence-corrected chi connectivity index (χ0v) is 25.8. The number of fused-ring (bicyclic) bond motifs is 1. The fraction of sp³-hybridized carbons (Fsp3) is 0.250. The lowest BCUT2D eigenvalue weighted by Gasteiger charge is -2.17. The Labute approximate surface area is 250 Å². The van der Waals surface area contributed by atoms with Crippen molar-refractivity contribution in [1.29, 1.82) is 0 Å². The van der Waals surface area contributed by atoms with Gasteiger partial charge in [0.25, 0.3) is 5.91 Å². The van der Waals surface area contributed by atoms with E-state index in [0.717, 1.165) is 22.0 Å². The molecule has 0 atom stereocenters. The number of halogens is 1. The monoisotopic (exact) mass is 658 g/mol. The highest BCUT2D eigenvalue weighted by Gasteiger charge is 2.28. The first-order valence-electron chi connectivity index (χ1n) is 12.6. The summed E-state index contributed by atoms with van der Waals surface area (Å²) in [5, 5.41) is 6.06. The molecular weight excluding hydrogens is 632 g/mol. The quantitative estimate of drug-likeness (QED) is 0.171. The molecule has 41 heavy (non-hydrogen) atoms. The van der Waals surface area contributed by atoms with Gasteiger partial charge in [-0.15, -0.1) is 0 Å². The number of hydrogen-bond acceptors (Lipinski definition) is 9. The highest BCUT2D eigenvalue weighted by molar-refractivity contribution is 9.10. The molecule has 0 unspecified atom stereocenters. The lowest BCUT2D eigenvalue weighted by molar-refractivity contribution is 0.0987. The zero-order chi connectivity index (χ0) is 29.1. The first-order chi connectivity index (χ1) is 19.7.